The van der Waals surface area contributed by atoms with E-state index in [-0.39, 0.29) is 0 Å². The molecule has 1 nitrogen and oxygen atoms in total. The van der Waals surface area contributed by atoms with Crippen molar-refractivity contribution in [3.63, 3.8) is 0 Å². The van der Waals surface area contributed by atoms with Gasteiger partial charge in [0, 0.05) is 18.3 Å². The Labute approximate surface area is 124 Å². The Hall–Kier alpha value is -1.76. The van der Waals surface area contributed by atoms with Gasteiger partial charge in [-0.1, -0.05) is 70.2 Å². The zero-order valence-electron chi connectivity index (χ0n) is 13.6. The lowest BCUT2D eigenvalue weighted by atomic mass is 9.89. The molecule has 0 N–H and O–H groups in total. The van der Waals surface area contributed by atoms with Crippen molar-refractivity contribution in [1.29, 1.82) is 0 Å². The molecule has 20 heavy (non-hydrogen) atoms. The van der Waals surface area contributed by atoms with Crippen LogP contribution in [0.3, 0.4) is 0 Å². The van der Waals surface area contributed by atoms with Gasteiger partial charge in [0.2, 0.25) is 0 Å². The van der Waals surface area contributed by atoms with Crippen molar-refractivity contribution in [3.05, 3.63) is 54.1 Å². The fourth-order valence-electron chi connectivity index (χ4n) is 2.53. The van der Waals surface area contributed by atoms with Gasteiger partial charge >= 0.3 is 0 Å². The Bertz CT molecular complexity index is 481. The third-order valence-electron chi connectivity index (χ3n) is 3.57. The molecule has 2 aromatic rings. The van der Waals surface area contributed by atoms with Crippen LogP contribution in [0.5, 0.6) is 0 Å². The van der Waals surface area contributed by atoms with Crippen LogP contribution in [0.15, 0.2) is 48.5 Å². The first-order chi connectivity index (χ1) is 9.79. The number of fused-ring (bicyclic) bond motifs is 3. The van der Waals surface area contributed by atoms with Crippen LogP contribution in [-0.4, -0.2) is 7.05 Å². The molecule has 1 atom stereocenters. The molecule has 0 amide bonds. The van der Waals surface area contributed by atoms with Gasteiger partial charge in [-0.3, -0.25) is 0 Å². The minimum Gasteiger partial charge on any atom is -0.367 e. The van der Waals surface area contributed by atoms with E-state index in [0.717, 1.165) is 0 Å². The molecule has 0 bridgehead atoms. The molecule has 3 rings (SSSR count). The summed E-state index contributed by atoms with van der Waals surface area (Å²) < 4.78 is 0. The molecule has 0 aromatic heterocycles. The summed E-state index contributed by atoms with van der Waals surface area (Å²) in [6.07, 6.45) is 0. The predicted molar refractivity (Wildman–Crippen MR) is 91.4 cm³/mol. The molecular weight excluding hydrogens is 242 g/mol. The van der Waals surface area contributed by atoms with Gasteiger partial charge < -0.3 is 4.90 Å². The Kier molecular flexibility index (Phi) is 6.30. The van der Waals surface area contributed by atoms with Crippen molar-refractivity contribution in [2.45, 2.75) is 40.7 Å². The standard InChI is InChI=1S/C15H15N.2C2H6/c1-11-12-7-3-4-8-13(12)14-9-5-6-10-15(14)16(11)2;2*1-2/h3-11H,1-2H3;2*1-2H3. The third kappa shape index (κ3) is 2.87. The zero-order valence-corrected chi connectivity index (χ0v) is 13.6. The smallest absolute Gasteiger partial charge is 0.0517 e. The van der Waals surface area contributed by atoms with Crippen LogP contribution in [0.25, 0.3) is 11.1 Å². The highest BCUT2D eigenvalue weighted by Crippen LogP contribution is 2.43. The summed E-state index contributed by atoms with van der Waals surface area (Å²) in [5.41, 5.74) is 5.47. The molecule has 1 unspecified atom stereocenters. The molecule has 0 radical (unpaired) electrons. The van der Waals surface area contributed by atoms with Gasteiger partial charge in [0.25, 0.3) is 0 Å². The van der Waals surface area contributed by atoms with Gasteiger partial charge in [-0.05, 0) is 24.1 Å². The number of nitrogens with zero attached hydrogens (tertiary/aromatic N) is 1. The van der Waals surface area contributed by atoms with Crippen LogP contribution in [0, 0.1) is 0 Å². The summed E-state index contributed by atoms with van der Waals surface area (Å²) in [4.78, 5) is 2.34. The van der Waals surface area contributed by atoms with Gasteiger partial charge in [-0.15, -0.1) is 0 Å². The Morgan fingerprint density at radius 1 is 0.750 bits per heavy atom. The molecule has 0 saturated carbocycles. The van der Waals surface area contributed by atoms with Gasteiger partial charge in [0.05, 0.1) is 6.04 Å². The van der Waals surface area contributed by atoms with Crippen molar-refractivity contribution in [1.82, 2.24) is 0 Å². The number of hydrogen-bond donors (Lipinski definition) is 0. The Balaban J connectivity index is 0.000000461. The van der Waals surface area contributed by atoms with Crippen LogP contribution in [0.2, 0.25) is 0 Å². The summed E-state index contributed by atoms with van der Waals surface area (Å²) in [5.74, 6) is 0. The van der Waals surface area contributed by atoms with Crippen molar-refractivity contribution >= 4 is 5.69 Å². The quantitative estimate of drug-likeness (QED) is 0.574. The second-order valence-corrected chi connectivity index (χ2v) is 4.39. The minimum absolute atomic E-state index is 0.450. The molecule has 0 spiro atoms. The number of rotatable bonds is 0. The second kappa shape index (κ2) is 7.74. The van der Waals surface area contributed by atoms with Crippen molar-refractivity contribution in [3.8, 4) is 11.1 Å². The molecule has 1 heteroatoms. The lowest BCUT2D eigenvalue weighted by Gasteiger charge is -2.35. The highest BCUT2D eigenvalue weighted by molar-refractivity contribution is 5.84. The topological polar surface area (TPSA) is 3.24 Å². The van der Waals surface area contributed by atoms with E-state index in [1.807, 2.05) is 27.7 Å². The maximum Gasteiger partial charge on any atom is 0.0517 e. The van der Waals surface area contributed by atoms with Crippen molar-refractivity contribution in [2.75, 3.05) is 11.9 Å². The molecule has 1 heterocycles. The fourth-order valence-corrected chi connectivity index (χ4v) is 2.53. The van der Waals surface area contributed by atoms with Gasteiger partial charge in [0.1, 0.15) is 0 Å². The number of hydrogen-bond acceptors (Lipinski definition) is 1. The summed E-state index contributed by atoms with van der Waals surface area (Å²) in [6.45, 7) is 10.3. The first kappa shape index (κ1) is 16.3. The maximum absolute atomic E-state index is 2.34. The average molecular weight is 269 g/mol. The first-order valence-electron chi connectivity index (χ1n) is 7.70. The van der Waals surface area contributed by atoms with Gasteiger partial charge in [-0.25, -0.2) is 0 Å². The molecule has 2 aromatic carbocycles. The van der Waals surface area contributed by atoms with E-state index in [0.29, 0.717) is 6.04 Å². The molecular formula is C19H27N. The van der Waals surface area contributed by atoms with E-state index in [1.165, 1.54) is 22.4 Å². The SMILES string of the molecule is CC.CC.CC1c2ccccc2-c2ccccc2N1C. The lowest BCUT2D eigenvalue weighted by molar-refractivity contribution is 0.732. The van der Waals surface area contributed by atoms with Crippen LogP contribution < -0.4 is 4.90 Å². The predicted octanol–water partition coefficient (Wildman–Crippen LogP) is 5.92. The minimum atomic E-state index is 0.450. The molecule has 0 aliphatic carbocycles. The largest absolute Gasteiger partial charge is 0.367 e. The van der Waals surface area contributed by atoms with Gasteiger partial charge in [-0.2, -0.15) is 0 Å². The van der Waals surface area contributed by atoms with Crippen LogP contribution in [0.1, 0.15) is 46.2 Å². The Morgan fingerprint density at radius 3 is 1.90 bits per heavy atom. The maximum atomic E-state index is 2.34. The van der Waals surface area contributed by atoms with Crippen LogP contribution in [-0.2, 0) is 0 Å². The third-order valence-corrected chi connectivity index (χ3v) is 3.57. The van der Waals surface area contributed by atoms with E-state index >= 15 is 0 Å². The highest BCUT2D eigenvalue weighted by atomic mass is 15.1. The van der Waals surface area contributed by atoms with Crippen molar-refractivity contribution < 1.29 is 0 Å². The number of anilines is 1. The summed E-state index contributed by atoms with van der Waals surface area (Å²) in [6, 6.07) is 17.8. The summed E-state index contributed by atoms with van der Waals surface area (Å²) in [7, 11) is 2.17. The average Bonchev–Trinajstić information content (AvgIpc) is 2.56. The summed E-state index contributed by atoms with van der Waals surface area (Å²) in [5, 5.41) is 0. The monoisotopic (exact) mass is 269 g/mol. The summed E-state index contributed by atoms with van der Waals surface area (Å²) >= 11 is 0. The molecule has 0 fully saturated rings. The normalized spacial score (nSPS) is 14.9. The molecule has 1 aliphatic heterocycles. The van der Waals surface area contributed by atoms with Crippen LogP contribution in [0.4, 0.5) is 5.69 Å². The second-order valence-electron chi connectivity index (χ2n) is 4.39. The fraction of sp³-hybridized carbons (Fsp3) is 0.368. The molecule has 1 aliphatic rings. The first-order valence-corrected chi connectivity index (χ1v) is 7.70. The molecule has 108 valence electrons. The Morgan fingerprint density at radius 2 is 1.25 bits per heavy atom. The zero-order chi connectivity index (χ0) is 15.1. The van der Waals surface area contributed by atoms with Crippen LogP contribution >= 0.6 is 0 Å². The van der Waals surface area contributed by atoms with E-state index in [9.17, 15) is 0 Å². The van der Waals surface area contributed by atoms with E-state index in [1.54, 1.807) is 0 Å². The van der Waals surface area contributed by atoms with E-state index in [4.69, 9.17) is 0 Å². The lowest BCUT2D eigenvalue weighted by Crippen LogP contribution is -2.25. The number of para-hydroxylation sites is 1. The van der Waals surface area contributed by atoms with E-state index < -0.39 is 0 Å². The number of benzene rings is 2. The molecule has 0 saturated heterocycles. The van der Waals surface area contributed by atoms with Crippen molar-refractivity contribution in [2.24, 2.45) is 0 Å². The van der Waals surface area contributed by atoms with E-state index in [2.05, 4.69) is 67.4 Å². The van der Waals surface area contributed by atoms with Gasteiger partial charge in [0.15, 0.2) is 0 Å². The highest BCUT2D eigenvalue weighted by Gasteiger charge is 2.24.